The van der Waals surface area contributed by atoms with E-state index >= 15 is 0 Å². The molecule has 1 aromatic rings. The Hall–Kier alpha value is -1.01. The van der Waals surface area contributed by atoms with E-state index in [4.69, 9.17) is 9.47 Å². The van der Waals surface area contributed by atoms with Crippen LogP contribution in [0.1, 0.15) is 19.4 Å². The summed E-state index contributed by atoms with van der Waals surface area (Å²) in [6.07, 6.45) is 3.32. The van der Waals surface area contributed by atoms with Crippen LogP contribution in [-0.4, -0.2) is 60.6 Å². The van der Waals surface area contributed by atoms with Crippen molar-refractivity contribution in [2.24, 2.45) is 0 Å². The van der Waals surface area contributed by atoms with Crippen molar-refractivity contribution in [1.82, 2.24) is 9.88 Å². The van der Waals surface area contributed by atoms with Crippen LogP contribution in [0.5, 0.6) is 0 Å². The van der Waals surface area contributed by atoms with E-state index in [1.54, 1.807) is 6.20 Å². The molecule has 0 saturated carbocycles. The van der Waals surface area contributed by atoms with E-state index in [0.29, 0.717) is 26.4 Å². The molecule has 5 heteroatoms. The molecular weight excluding hydrogens is 256 g/mol. The summed E-state index contributed by atoms with van der Waals surface area (Å²) in [4.78, 5) is 6.12. The number of ether oxygens (including phenoxy) is 2. The quantitative estimate of drug-likeness (QED) is 0.656. The second kappa shape index (κ2) is 9.83. The number of aromatic nitrogens is 1. The minimum Gasteiger partial charge on any atom is -0.389 e. The molecule has 0 bridgehead atoms. The molecule has 20 heavy (non-hydrogen) atoms. The van der Waals surface area contributed by atoms with E-state index in [2.05, 4.69) is 9.88 Å². The molecule has 0 amide bonds. The minimum atomic E-state index is -0.490. The Kier molecular flexibility index (Phi) is 8.37. The van der Waals surface area contributed by atoms with Crippen LogP contribution in [0.2, 0.25) is 0 Å². The van der Waals surface area contributed by atoms with E-state index in [0.717, 1.165) is 12.1 Å². The van der Waals surface area contributed by atoms with Crippen molar-refractivity contribution < 1.29 is 14.6 Å². The highest BCUT2D eigenvalue weighted by atomic mass is 16.5. The maximum Gasteiger partial charge on any atom is 0.0900 e. The van der Waals surface area contributed by atoms with Gasteiger partial charge in [-0.1, -0.05) is 6.07 Å². The first-order chi connectivity index (χ1) is 9.58. The van der Waals surface area contributed by atoms with Crippen molar-refractivity contribution in [3.63, 3.8) is 0 Å². The highest BCUT2D eigenvalue weighted by Crippen LogP contribution is 2.01. The standard InChI is InChI=1S/C15H26N2O3/c1-13(2)20-8-7-19-12-15(18)11-17(3)10-14-5-4-6-16-9-14/h4-6,9,13,15,18H,7-8,10-12H2,1-3H3/t15-/m0/s1. The largest absolute Gasteiger partial charge is 0.389 e. The molecule has 0 radical (unpaired) electrons. The topological polar surface area (TPSA) is 54.8 Å². The van der Waals surface area contributed by atoms with Crippen LogP contribution in [0.4, 0.5) is 0 Å². The lowest BCUT2D eigenvalue weighted by molar-refractivity contribution is -0.0174. The van der Waals surface area contributed by atoms with Gasteiger partial charge in [-0.15, -0.1) is 0 Å². The van der Waals surface area contributed by atoms with Gasteiger partial charge in [0, 0.05) is 25.5 Å². The number of pyridine rings is 1. The monoisotopic (exact) mass is 282 g/mol. The van der Waals surface area contributed by atoms with Crippen LogP contribution in [0.25, 0.3) is 0 Å². The number of aliphatic hydroxyl groups is 1. The first-order valence-corrected chi connectivity index (χ1v) is 7.02. The van der Waals surface area contributed by atoms with E-state index < -0.39 is 6.10 Å². The summed E-state index contributed by atoms with van der Waals surface area (Å²) in [6, 6.07) is 3.94. The van der Waals surface area contributed by atoms with Gasteiger partial charge in [-0.3, -0.25) is 9.88 Å². The molecule has 1 aromatic heterocycles. The van der Waals surface area contributed by atoms with Crippen LogP contribution in [-0.2, 0) is 16.0 Å². The summed E-state index contributed by atoms with van der Waals surface area (Å²) in [6.45, 7) is 6.72. The summed E-state index contributed by atoms with van der Waals surface area (Å²) < 4.78 is 10.7. The molecule has 0 aromatic carbocycles. The molecule has 1 heterocycles. The van der Waals surface area contributed by atoms with Gasteiger partial charge >= 0.3 is 0 Å². The number of aliphatic hydroxyl groups excluding tert-OH is 1. The van der Waals surface area contributed by atoms with E-state index in [9.17, 15) is 5.11 Å². The maximum absolute atomic E-state index is 9.88. The van der Waals surface area contributed by atoms with Gasteiger partial charge in [0.15, 0.2) is 0 Å². The highest BCUT2D eigenvalue weighted by Gasteiger charge is 2.09. The molecule has 1 atom stereocenters. The fourth-order valence-electron chi connectivity index (χ4n) is 1.84. The van der Waals surface area contributed by atoms with Crippen molar-refractivity contribution in [1.29, 1.82) is 0 Å². The first-order valence-electron chi connectivity index (χ1n) is 7.02. The predicted octanol–water partition coefficient (Wildman–Crippen LogP) is 1.32. The Morgan fingerprint density at radius 1 is 1.35 bits per heavy atom. The molecule has 0 unspecified atom stereocenters. The first kappa shape index (κ1) is 17.0. The number of rotatable bonds is 10. The summed E-state index contributed by atoms with van der Waals surface area (Å²) in [5.41, 5.74) is 1.13. The Bertz CT molecular complexity index is 346. The summed E-state index contributed by atoms with van der Waals surface area (Å²) in [5, 5.41) is 9.88. The van der Waals surface area contributed by atoms with Gasteiger partial charge in [-0.05, 0) is 32.5 Å². The second-order valence-electron chi connectivity index (χ2n) is 5.21. The minimum absolute atomic E-state index is 0.217. The molecule has 0 aliphatic rings. The van der Waals surface area contributed by atoms with Gasteiger partial charge in [0.2, 0.25) is 0 Å². The Morgan fingerprint density at radius 2 is 2.15 bits per heavy atom. The molecule has 1 rings (SSSR count). The molecule has 0 saturated heterocycles. The van der Waals surface area contributed by atoms with Crippen molar-refractivity contribution in [3.05, 3.63) is 30.1 Å². The van der Waals surface area contributed by atoms with Crippen LogP contribution in [0.15, 0.2) is 24.5 Å². The predicted molar refractivity (Wildman–Crippen MR) is 78.5 cm³/mol. The smallest absolute Gasteiger partial charge is 0.0900 e. The molecule has 1 N–H and O–H groups in total. The normalized spacial score (nSPS) is 13.1. The zero-order valence-corrected chi connectivity index (χ0v) is 12.7. The lowest BCUT2D eigenvalue weighted by atomic mass is 10.2. The maximum atomic E-state index is 9.88. The molecule has 114 valence electrons. The van der Waals surface area contributed by atoms with Crippen LogP contribution in [0, 0.1) is 0 Å². The van der Waals surface area contributed by atoms with Crippen LogP contribution in [0.3, 0.4) is 0 Å². The average molecular weight is 282 g/mol. The fraction of sp³-hybridized carbons (Fsp3) is 0.667. The molecule has 0 aliphatic carbocycles. The van der Waals surface area contributed by atoms with Crippen LogP contribution >= 0.6 is 0 Å². The van der Waals surface area contributed by atoms with Crippen molar-refractivity contribution in [3.8, 4) is 0 Å². The van der Waals surface area contributed by atoms with E-state index in [-0.39, 0.29) is 6.10 Å². The number of likely N-dealkylation sites (N-methyl/N-ethyl adjacent to an activating group) is 1. The van der Waals surface area contributed by atoms with Crippen molar-refractivity contribution in [2.75, 3.05) is 33.4 Å². The molecule has 0 fully saturated rings. The molecule has 5 nitrogen and oxygen atoms in total. The Morgan fingerprint density at radius 3 is 2.80 bits per heavy atom. The average Bonchev–Trinajstić information content (AvgIpc) is 2.38. The third kappa shape index (κ3) is 8.22. The molecule has 0 spiro atoms. The van der Waals surface area contributed by atoms with Gasteiger partial charge in [0.05, 0.1) is 32.0 Å². The molecular formula is C15H26N2O3. The fourth-order valence-corrected chi connectivity index (χ4v) is 1.84. The van der Waals surface area contributed by atoms with Gasteiger partial charge < -0.3 is 14.6 Å². The van der Waals surface area contributed by atoms with Gasteiger partial charge in [-0.2, -0.15) is 0 Å². The van der Waals surface area contributed by atoms with Crippen molar-refractivity contribution in [2.45, 2.75) is 32.6 Å². The zero-order valence-electron chi connectivity index (χ0n) is 12.7. The third-order valence-corrected chi connectivity index (χ3v) is 2.69. The van der Waals surface area contributed by atoms with Crippen molar-refractivity contribution >= 4 is 0 Å². The summed E-state index contributed by atoms with van der Waals surface area (Å²) >= 11 is 0. The second-order valence-corrected chi connectivity index (χ2v) is 5.21. The van der Waals surface area contributed by atoms with Gasteiger partial charge in [-0.25, -0.2) is 0 Å². The summed E-state index contributed by atoms with van der Waals surface area (Å²) in [5.74, 6) is 0. The zero-order chi connectivity index (χ0) is 14.8. The lowest BCUT2D eigenvalue weighted by Gasteiger charge is -2.20. The van der Waals surface area contributed by atoms with Crippen LogP contribution < -0.4 is 0 Å². The van der Waals surface area contributed by atoms with Gasteiger partial charge in [0.25, 0.3) is 0 Å². The SMILES string of the molecule is CC(C)OCCOC[C@@H](O)CN(C)Cc1cccnc1. The molecule has 0 aliphatic heterocycles. The number of hydrogen-bond acceptors (Lipinski definition) is 5. The third-order valence-electron chi connectivity index (χ3n) is 2.69. The van der Waals surface area contributed by atoms with E-state index in [1.165, 1.54) is 0 Å². The van der Waals surface area contributed by atoms with Gasteiger partial charge in [0.1, 0.15) is 0 Å². The highest BCUT2D eigenvalue weighted by molar-refractivity contribution is 5.07. The summed E-state index contributed by atoms with van der Waals surface area (Å²) in [7, 11) is 1.97. The lowest BCUT2D eigenvalue weighted by Crippen LogP contribution is -2.32. The number of nitrogens with zero attached hydrogens (tertiary/aromatic N) is 2. The Balaban J connectivity index is 2.10. The van der Waals surface area contributed by atoms with E-state index in [1.807, 2.05) is 39.2 Å². The Labute approximate surface area is 121 Å². The number of hydrogen-bond donors (Lipinski definition) is 1.